The summed E-state index contributed by atoms with van der Waals surface area (Å²) in [5, 5.41) is 5.03. The van der Waals surface area contributed by atoms with Crippen molar-refractivity contribution in [2.75, 3.05) is 19.7 Å². The summed E-state index contributed by atoms with van der Waals surface area (Å²) < 4.78 is 6.93. The quantitative estimate of drug-likeness (QED) is 0.707. The van der Waals surface area contributed by atoms with Gasteiger partial charge in [0.1, 0.15) is 18.3 Å². The Labute approximate surface area is 168 Å². The van der Waals surface area contributed by atoms with Crippen molar-refractivity contribution in [3.63, 3.8) is 0 Å². The van der Waals surface area contributed by atoms with Gasteiger partial charge in [-0.05, 0) is 61.7 Å². The van der Waals surface area contributed by atoms with Gasteiger partial charge in [-0.25, -0.2) is 0 Å². The second-order valence-electron chi connectivity index (χ2n) is 7.11. The summed E-state index contributed by atoms with van der Waals surface area (Å²) in [5.74, 6) is -0.0516. The Bertz CT molecular complexity index is 837. The molecule has 2 aromatic carbocycles. The van der Waals surface area contributed by atoms with Crippen LogP contribution in [0.25, 0.3) is 10.8 Å². The summed E-state index contributed by atoms with van der Waals surface area (Å²) in [6, 6.07) is 12.1. The molecule has 27 heavy (non-hydrogen) atoms. The van der Waals surface area contributed by atoms with Crippen LogP contribution in [0.4, 0.5) is 0 Å². The molecule has 1 N–H and O–H groups in total. The number of fused-ring (bicyclic) bond motifs is 1. The van der Waals surface area contributed by atoms with E-state index < -0.39 is 5.92 Å². The number of hydrogen-bond acceptors (Lipinski definition) is 3. The van der Waals surface area contributed by atoms with Crippen LogP contribution in [0.1, 0.15) is 26.7 Å². The molecule has 1 unspecified atom stereocenters. The van der Waals surface area contributed by atoms with Gasteiger partial charge in [-0.3, -0.25) is 9.59 Å². The number of carbonyl (C=O) groups excluding carboxylic acids is 2. The van der Waals surface area contributed by atoms with Crippen molar-refractivity contribution < 1.29 is 14.3 Å². The predicted octanol–water partition coefficient (Wildman–Crippen LogP) is 3.74. The van der Waals surface area contributed by atoms with Gasteiger partial charge in [-0.2, -0.15) is 0 Å². The van der Waals surface area contributed by atoms with Gasteiger partial charge in [0, 0.05) is 17.1 Å². The lowest BCUT2D eigenvalue weighted by Crippen LogP contribution is -2.49. The van der Waals surface area contributed by atoms with E-state index in [1.54, 1.807) is 4.90 Å². The van der Waals surface area contributed by atoms with Crippen molar-refractivity contribution in [1.82, 2.24) is 10.2 Å². The molecule has 5 nitrogen and oxygen atoms in total. The van der Waals surface area contributed by atoms with Crippen molar-refractivity contribution in [2.24, 2.45) is 5.92 Å². The van der Waals surface area contributed by atoms with Crippen molar-refractivity contribution in [2.45, 2.75) is 32.7 Å². The number of amides is 2. The van der Waals surface area contributed by atoms with Crippen molar-refractivity contribution in [1.29, 1.82) is 0 Å². The highest BCUT2D eigenvalue weighted by molar-refractivity contribution is 9.10. The molecule has 0 aromatic heterocycles. The molecule has 0 saturated carbocycles. The Kier molecular flexibility index (Phi) is 6.37. The lowest BCUT2D eigenvalue weighted by Gasteiger charge is -2.31. The van der Waals surface area contributed by atoms with Crippen LogP contribution in [0.2, 0.25) is 0 Å². The number of hydrogen-bond donors (Lipinski definition) is 1. The van der Waals surface area contributed by atoms with Crippen LogP contribution in [0, 0.1) is 5.92 Å². The molecule has 1 heterocycles. The number of halogens is 1. The number of carbonyl (C=O) groups is 2. The van der Waals surface area contributed by atoms with Crippen LogP contribution in [0.3, 0.4) is 0 Å². The highest BCUT2D eigenvalue weighted by Crippen LogP contribution is 2.24. The molecule has 0 bridgehead atoms. The van der Waals surface area contributed by atoms with E-state index in [4.69, 9.17) is 4.74 Å². The maximum Gasteiger partial charge on any atom is 0.235 e. The van der Waals surface area contributed by atoms with E-state index in [1.165, 1.54) is 0 Å². The Balaban J connectivity index is 1.62. The molecule has 2 aromatic rings. The van der Waals surface area contributed by atoms with Gasteiger partial charge in [-0.1, -0.05) is 28.1 Å². The zero-order valence-corrected chi connectivity index (χ0v) is 17.3. The molecule has 1 aliphatic rings. The van der Waals surface area contributed by atoms with E-state index in [0.29, 0.717) is 26.1 Å². The van der Waals surface area contributed by atoms with Crippen LogP contribution in [0.15, 0.2) is 40.9 Å². The van der Waals surface area contributed by atoms with Gasteiger partial charge in [-0.15, -0.1) is 0 Å². The smallest absolute Gasteiger partial charge is 0.235 e. The topological polar surface area (TPSA) is 58.6 Å². The van der Waals surface area contributed by atoms with Crippen LogP contribution in [0.5, 0.6) is 5.75 Å². The highest BCUT2D eigenvalue weighted by Gasteiger charge is 2.33. The van der Waals surface area contributed by atoms with Gasteiger partial charge in [0.15, 0.2) is 0 Å². The third kappa shape index (κ3) is 4.80. The largest absolute Gasteiger partial charge is 0.492 e. The summed E-state index contributed by atoms with van der Waals surface area (Å²) >= 11 is 3.48. The third-order valence-corrected chi connectivity index (χ3v) is 5.36. The normalized spacial score (nSPS) is 17.0. The molecular formula is C21H25BrN2O3. The van der Waals surface area contributed by atoms with E-state index in [0.717, 1.165) is 27.4 Å². The van der Waals surface area contributed by atoms with E-state index in [1.807, 2.05) is 44.2 Å². The number of ether oxygens (including phenoxy) is 1. The summed E-state index contributed by atoms with van der Waals surface area (Å²) in [4.78, 5) is 26.6. The molecule has 0 aliphatic carbocycles. The number of nitrogens with one attached hydrogen (secondary N) is 1. The van der Waals surface area contributed by atoms with Crippen LogP contribution >= 0.6 is 15.9 Å². The van der Waals surface area contributed by atoms with E-state index >= 15 is 0 Å². The average molecular weight is 433 g/mol. The molecule has 6 heteroatoms. The Morgan fingerprint density at radius 3 is 2.74 bits per heavy atom. The Hall–Kier alpha value is -2.08. The standard InChI is InChI=1S/C21H25BrN2O3/c1-14(2)24(21(26)19-4-3-9-23-20(19)25)10-11-27-18-8-6-15-12-17(22)7-5-16(15)13-18/h5-8,12-14,19H,3-4,9-11H2,1-2H3,(H,23,25). The van der Waals surface area contributed by atoms with Gasteiger partial charge in [0.25, 0.3) is 0 Å². The van der Waals surface area contributed by atoms with Gasteiger partial charge >= 0.3 is 0 Å². The predicted molar refractivity (Wildman–Crippen MR) is 110 cm³/mol. The van der Waals surface area contributed by atoms with E-state index in [2.05, 4.69) is 27.3 Å². The first-order valence-corrected chi connectivity index (χ1v) is 10.2. The van der Waals surface area contributed by atoms with Gasteiger partial charge < -0.3 is 15.0 Å². The van der Waals surface area contributed by atoms with Crippen LogP contribution in [-0.2, 0) is 9.59 Å². The minimum absolute atomic E-state index is 0.0183. The third-order valence-electron chi connectivity index (χ3n) is 4.86. The zero-order valence-electron chi connectivity index (χ0n) is 15.7. The molecule has 1 aliphatic heterocycles. The molecule has 1 fully saturated rings. The summed E-state index contributed by atoms with van der Waals surface area (Å²) in [7, 11) is 0. The fourth-order valence-corrected chi connectivity index (χ4v) is 3.76. The second kappa shape index (κ2) is 8.74. The maximum absolute atomic E-state index is 12.8. The molecule has 0 radical (unpaired) electrons. The zero-order chi connectivity index (χ0) is 19.4. The van der Waals surface area contributed by atoms with Crippen molar-refractivity contribution in [3.05, 3.63) is 40.9 Å². The number of nitrogens with zero attached hydrogens (tertiary/aromatic N) is 1. The lowest BCUT2D eigenvalue weighted by molar-refractivity contribution is -0.145. The fraction of sp³-hybridized carbons (Fsp3) is 0.429. The first-order valence-electron chi connectivity index (χ1n) is 9.36. The Morgan fingerprint density at radius 2 is 2.00 bits per heavy atom. The van der Waals surface area contributed by atoms with Crippen LogP contribution < -0.4 is 10.1 Å². The summed E-state index contributed by atoms with van der Waals surface area (Å²) in [6.45, 7) is 5.43. The van der Waals surface area contributed by atoms with E-state index in [9.17, 15) is 9.59 Å². The van der Waals surface area contributed by atoms with Crippen molar-refractivity contribution >= 4 is 38.5 Å². The molecule has 1 saturated heterocycles. The second-order valence-corrected chi connectivity index (χ2v) is 8.03. The van der Waals surface area contributed by atoms with E-state index in [-0.39, 0.29) is 17.9 Å². The number of piperidine rings is 1. The maximum atomic E-state index is 12.8. The molecule has 3 rings (SSSR count). The van der Waals surface area contributed by atoms with Crippen molar-refractivity contribution in [3.8, 4) is 5.75 Å². The molecule has 2 amide bonds. The molecule has 1 atom stereocenters. The summed E-state index contributed by atoms with van der Waals surface area (Å²) in [6.07, 6.45) is 1.47. The highest BCUT2D eigenvalue weighted by atomic mass is 79.9. The first kappa shape index (κ1) is 19.7. The van der Waals surface area contributed by atoms with Gasteiger partial charge in [0.05, 0.1) is 6.54 Å². The fourth-order valence-electron chi connectivity index (χ4n) is 3.38. The summed E-state index contributed by atoms with van der Waals surface area (Å²) in [5.41, 5.74) is 0. The molecular weight excluding hydrogens is 408 g/mol. The van der Waals surface area contributed by atoms with Crippen LogP contribution in [-0.4, -0.2) is 42.5 Å². The molecule has 144 valence electrons. The molecule has 0 spiro atoms. The SMILES string of the molecule is CC(C)N(CCOc1ccc2cc(Br)ccc2c1)C(=O)C1CCCNC1=O. The first-order chi connectivity index (χ1) is 13.0. The minimum atomic E-state index is -0.569. The number of benzene rings is 2. The lowest BCUT2D eigenvalue weighted by atomic mass is 9.96. The average Bonchev–Trinajstić information content (AvgIpc) is 2.65. The minimum Gasteiger partial charge on any atom is -0.492 e. The number of rotatable bonds is 6. The monoisotopic (exact) mass is 432 g/mol. The Morgan fingerprint density at radius 1 is 1.26 bits per heavy atom. The van der Waals surface area contributed by atoms with Gasteiger partial charge in [0.2, 0.25) is 11.8 Å².